The summed E-state index contributed by atoms with van der Waals surface area (Å²) < 4.78 is 42.8. The number of ketones is 1. The Morgan fingerprint density at radius 2 is 1.87 bits per heavy atom. The highest BCUT2D eigenvalue weighted by Gasteiger charge is 2.49. The SMILES string of the molecule is CCCCC1(F)CCC(C2=NC3(CCN(S(=O)(=O)CCc4ccc(CC(C)=O)cc4C)CC3)C(=O)N2)CC1. The molecule has 1 aromatic carbocycles. The van der Waals surface area contributed by atoms with Gasteiger partial charge in [0.05, 0.1) is 5.75 Å². The molecule has 0 radical (unpaired) electrons. The smallest absolute Gasteiger partial charge is 0.253 e. The molecule has 1 N–H and O–H groups in total. The zero-order valence-corrected chi connectivity index (χ0v) is 23.8. The second-order valence-corrected chi connectivity index (χ2v) is 13.7. The molecule has 4 rings (SSSR count). The predicted octanol–water partition coefficient (Wildman–Crippen LogP) is 4.45. The molecule has 0 unspecified atom stereocenters. The van der Waals surface area contributed by atoms with Gasteiger partial charge in [0, 0.05) is 25.4 Å². The number of nitrogens with zero attached hydrogens (tertiary/aromatic N) is 2. The molecule has 38 heavy (non-hydrogen) atoms. The van der Waals surface area contributed by atoms with Crippen LogP contribution in [0.4, 0.5) is 4.39 Å². The number of piperidine rings is 1. The van der Waals surface area contributed by atoms with Gasteiger partial charge in [0.2, 0.25) is 10.0 Å². The first-order valence-electron chi connectivity index (χ1n) is 14.1. The Hall–Kier alpha value is -2.13. The number of alkyl halides is 1. The first-order chi connectivity index (χ1) is 18.0. The second kappa shape index (κ2) is 11.5. The van der Waals surface area contributed by atoms with Gasteiger partial charge in [-0.05, 0) is 81.9 Å². The first-order valence-corrected chi connectivity index (χ1v) is 15.7. The molecular formula is C29H42FN3O4S. The summed E-state index contributed by atoms with van der Waals surface area (Å²) in [6, 6.07) is 5.75. The van der Waals surface area contributed by atoms with E-state index in [4.69, 9.17) is 4.99 Å². The maximum absolute atomic E-state index is 15.1. The number of amides is 1. The fraction of sp³-hybridized carbons (Fsp3) is 0.690. The number of sulfonamides is 1. The zero-order valence-electron chi connectivity index (χ0n) is 23.0. The van der Waals surface area contributed by atoms with Crippen molar-refractivity contribution in [1.29, 1.82) is 0 Å². The Kier molecular flexibility index (Phi) is 8.77. The number of halogens is 1. The van der Waals surface area contributed by atoms with Gasteiger partial charge in [0.15, 0.2) is 0 Å². The molecule has 9 heteroatoms. The Morgan fingerprint density at radius 1 is 1.18 bits per heavy atom. The topological polar surface area (TPSA) is 95.9 Å². The van der Waals surface area contributed by atoms with Gasteiger partial charge in [0.1, 0.15) is 22.8 Å². The van der Waals surface area contributed by atoms with Gasteiger partial charge in [-0.25, -0.2) is 17.1 Å². The maximum Gasteiger partial charge on any atom is 0.253 e. The van der Waals surface area contributed by atoms with Crippen LogP contribution in [0.2, 0.25) is 0 Å². The van der Waals surface area contributed by atoms with Crippen LogP contribution >= 0.6 is 0 Å². The van der Waals surface area contributed by atoms with Crippen LogP contribution in [0.5, 0.6) is 0 Å². The van der Waals surface area contributed by atoms with Crippen LogP contribution in [0.25, 0.3) is 0 Å². The number of benzene rings is 1. The molecule has 210 valence electrons. The molecular weight excluding hydrogens is 505 g/mol. The second-order valence-electron chi connectivity index (χ2n) is 11.6. The van der Waals surface area contributed by atoms with Gasteiger partial charge < -0.3 is 5.32 Å². The van der Waals surface area contributed by atoms with Crippen molar-refractivity contribution in [1.82, 2.24) is 9.62 Å². The Bertz CT molecular complexity index is 1180. The number of aliphatic imine (C=N–C) groups is 1. The van der Waals surface area contributed by atoms with Crippen LogP contribution in [0, 0.1) is 12.8 Å². The van der Waals surface area contributed by atoms with Crippen LogP contribution in [-0.4, -0.2) is 60.3 Å². The molecule has 1 aliphatic carbocycles. The highest BCUT2D eigenvalue weighted by atomic mass is 32.2. The largest absolute Gasteiger partial charge is 0.312 e. The van der Waals surface area contributed by atoms with Gasteiger partial charge in [-0.2, -0.15) is 0 Å². The quantitative estimate of drug-likeness (QED) is 0.468. The summed E-state index contributed by atoms with van der Waals surface area (Å²) in [6.07, 6.45) is 6.36. The summed E-state index contributed by atoms with van der Waals surface area (Å²) >= 11 is 0. The Morgan fingerprint density at radius 3 is 2.47 bits per heavy atom. The lowest BCUT2D eigenvalue weighted by Gasteiger charge is -2.35. The van der Waals surface area contributed by atoms with Gasteiger partial charge >= 0.3 is 0 Å². The zero-order chi connectivity index (χ0) is 27.6. The van der Waals surface area contributed by atoms with Crippen LogP contribution in [0.1, 0.15) is 88.3 Å². The lowest BCUT2D eigenvalue weighted by molar-refractivity contribution is -0.125. The summed E-state index contributed by atoms with van der Waals surface area (Å²) in [6.45, 7) is 6.10. The third-order valence-electron chi connectivity index (χ3n) is 8.68. The average Bonchev–Trinajstić information content (AvgIpc) is 3.18. The van der Waals surface area contributed by atoms with E-state index in [1.54, 1.807) is 6.92 Å². The summed E-state index contributed by atoms with van der Waals surface area (Å²) in [4.78, 5) is 29.2. The summed E-state index contributed by atoms with van der Waals surface area (Å²) in [5.74, 6) is 0.689. The molecule has 7 nitrogen and oxygen atoms in total. The predicted molar refractivity (Wildman–Crippen MR) is 147 cm³/mol. The molecule has 2 fully saturated rings. The van der Waals surface area contributed by atoms with E-state index < -0.39 is 21.2 Å². The number of carbonyl (C=O) groups excluding carboxylic acids is 2. The Labute approximate surface area is 226 Å². The van der Waals surface area contributed by atoms with Crippen molar-refractivity contribution in [3.63, 3.8) is 0 Å². The fourth-order valence-electron chi connectivity index (χ4n) is 6.16. The number of rotatable bonds is 10. The van der Waals surface area contributed by atoms with Crippen LogP contribution < -0.4 is 5.32 Å². The van der Waals surface area contributed by atoms with E-state index >= 15 is 4.39 Å². The van der Waals surface area contributed by atoms with Crippen LogP contribution in [0.3, 0.4) is 0 Å². The normalized spacial score (nSPS) is 25.8. The molecule has 0 bridgehead atoms. The molecule has 1 spiro atoms. The minimum Gasteiger partial charge on any atom is -0.312 e. The minimum atomic E-state index is -3.49. The van der Waals surface area contributed by atoms with Crippen molar-refractivity contribution in [3.05, 3.63) is 34.9 Å². The van der Waals surface area contributed by atoms with Crippen LogP contribution in [0.15, 0.2) is 23.2 Å². The van der Waals surface area contributed by atoms with Crippen molar-refractivity contribution in [2.45, 2.75) is 103 Å². The Balaban J connectivity index is 1.32. The van der Waals surface area contributed by atoms with E-state index in [1.807, 2.05) is 25.1 Å². The number of hydrogen-bond donors (Lipinski definition) is 1. The maximum atomic E-state index is 15.1. The fourth-order valence-corrected chi connectivity index (χ4v) is 7.64. The van der Waals surface area contributed by atoms with Crippen molar-refractivity contribution >= 4 is 27.5 Å². The van der Waals surface area contributed by atoms with Crippen molar-refractivity contribution < 1.29 is 22.4 Å². The number of Topliss-reactive ketones (excluding diaryl/α,β-unsaturated/α-hetero) is 1. The molecule has 1 aromatic rings. The minimum absolute atomic E-state index is 0.00129. The molecule has 0 aromatic heterocycles. The first kappa shape index (κ1) is 28.9. The average molecular weight is 548 g/mol. The van der Waals surface area contributed by atoms with Gasteiger partial charge in [-0.3, -0.25) is 14.6 Å². The van der Waals surface area contributed by atoms with Gasteiger partial charge in [-0.15, -0.1) is 0 Å². The summed E-state index contributed by atoms with van der Waals surface area (Å²) in [5.41, 5.74) is 0.878. The number of carbonyl (C=O) groups is 2. The van der Waals surface area contributed by atoms with Crippen molar-refractivity contribution in [3.8, 4) is 0 Å². The van der Waals surface area contributed by atoms with Crippen molar-refractivity contribution in [2.75, 3.05) is 18.8 Å². The number of aryl methyl sites for hydroxylation is 2. The third-order valence-corrected chi connectivity index (χ3v) is 10.5. The van der Waals surface area contributed by atoms with Gasteiger partial charge in [0.25, 0.3) is 5.91 Å². The molecule has 0 atom stereocenters. The van der Waals surface area contributed by atoms with E-state index in [0.717, 1.165) is 29.5 Å². The number of unbranched alkanes of at least 4 members (excludes halogenated alkanes) is 1. The summed E-state index contributed by atoms with van der Waals surface area (Å²) in [7, 11) is -3.49. The highest BCUT2D eigenvalue weighted by Crippen LogP contribution is 2.41. The molecule has 2 aliphatic heterocycles. The molecule has 1 amide bonds. The number of nitrogens with one attached hydrogen (secondary N) is 1. The van der Waals surface area contributed by atoms with E-state index in [9.17, 15) is 18.0 Å². The van der Waals surface area contributed by atoms with Crippen molar-refractivity contribution in [2.24, 2.45) is 10.9 Å². The molecule has 3 aliphatic rings. The lowest BCUT2D eigenvalue weighted by Crippen LogP contribution is -2.51. The van der Waals surface area contributed by atoms with E-state index in [-0.39, 0.29) is 36.5 Å². The van der Waals surface area contributed by atoms with Gasteiger partial charge in [-0.1, -0.05) is 38.0 Å². The lowest BCUT2D eigenvalue weighted by atomic mass is 9.77. The number of hydrogen-bond acceptors (Lipinski definition) is 5. The highest BCUT2D eigenvalue weighted by molar-refractivity contribution is 7.89. The number of amidine groups is 1. The third kappa shape index (κ3) is 6.53. The molecule has 2 heterocycles. The molecule has 1 saturated carbocycles. The van der Waals surface area contributed by atoms with E-state index in [1.165, 1.54) is 4.31 Å². The van der Waals surface area contributed by atoms with E-state index in [2.05, 4.69) is 12.2 Å². The van der Waals surface area contributed by atoms with Crippen LogP contribution in [-0.2, 0) is 32.5 Å². The standard InChI is InChI=1S/C29H42FN3O4S/c1-4-5-11-28(30)12-8-25(9-13-28)26-31-27(35)29(32-26)14-16-33(17-15-29)38(36,37)18-10-24-7-6-23(19-21(24)2)20-22(3)34/h6-7,19,25H,4-5,8-18,20H2,1-3H3,(H,31,32,35). The molecule has 1 saturated heterocycles. The monoisotopic (exact) mass is 547 g/mol. The van der Waals surface area contributed by atoms with E-state index in [0.29, 0.717) is 63.6 Å². The summed E-state index contributed by atoms with van der Waals surface area (Å²) in [5, 5.41) is 2.98.